The van der Waals surface area contributed by atoms with Gasteiger partial charge in [-0.15, -0.1) is 0 Å². The average Bonchev–Trinajstić information content (AvgIpc) is 3.42. The number of ketones is 1. The standard InChI is InChI=1S/C28H27N3O7S/c1-35-28(11-13-36-14-12-28)21-15-22(17-30-16-21)37-18-24(32)27-31-25(19-5-3-2-4-6-19)26(38-27)20-7-9-23(10-8-20)39(29,33)34/h2-10,15-17H,11-14,18H2,1H3,(H2,29,33,34). The molecule has 39 heavy (non-hydrogen) atoms. The lowest BCUT2D eigenvalue weighted by Crippen LogP contribution is -2.35. The number of nitrogens with two attached hydrogens (primary N) is 1. The van der Waals surface area contributed by atoms with E-state index >= 15 is 0 Å². The number of methoxy groups -OCH3 is 1. The predicted octanol–water partition coefficient (Wildman–Crippen LogP) is 3.96. The number of primary sulfonamides is 1. The van der Waals surface area contributed by atoms with Crippen molar-refractivity contribution in [2.45, 2.75) is 23.3 Å². The minimum atomic E-state index is -3.86. The number of ether oxygens (including phenoxy) is 3. The van der Waals surface area contributed by atoms with E-state index < -0.39 is 21.4 Å². The first-order valence-electron chi connectivity index (χ1n) is 12.2. The van der Waals surface area contributed by atoms with E-state index in [1.54, 1.807) is 25.4 Å². The van der Waals surface area contributed by atoms with E-state index in [0.29, 0.717) is 48.8 Å². The van der Waals surface area contributed by atoms with Crippen LogP contribution >= 0.6 is 0 Å². The quantitative estimate of drug-likeness (QED) is 0.307. The van der Waals surface area contributed by atoms with Gasteiger partial charge in [0.2, 0.25) is 10.0 Å². The average molecular weight is 550 g/mol. The first kappa shape index (κ1) is 26.7. The van der Waals surface area contributed by atoms with Gasteiger partial charge in [-0.3, -0.25) is 9.78 Å². The molecule has 0 radical (unpaired) electrons. The summed E-state index contributed by atoms with van der Waals surface area (Å²) in [6.07, 6.45) is 4.64. The van der Waals surface area contributed by atoms with Crippen LogP contribution in [-0.4, -0.2) is 51.1 Å². The van der Waals surface area contributed by atoms with Gasteiger partial charge in [-0.05, 0) is 30.3 Å². The maximum Gasteiger partial charge on any atom is 0.268 e. The molecule has 202 valence electrons. The second kappa shape index (κ2) is 11.1. The number of pyridine rings is 1. The van der Waals surface area contributed by atoms with Crippen LogP contribution < -0.4 is 9.88 Å². The normalized spacial score (nSPS) is 15.1. The molecule has 0 spiro atoms. The van der Waals surface area contributed by atoms with E-state index in [1.165, 1.54) is 18.3 Å². The molecule has 0 atom stereocenters. The lowest BCUT2D eigenvalue weighted by molar-refractivity contribution is -0.0950. The van der Waals surface area contributed by atoms with Gasteiger partial charge in [0.25, 0.3) is 11.7 Å². The zero-order valence-corrected chi connectivity index (χ0v) is 22.0. The molecule has 0 unspecified atom stereocenters. The largest absolute Gasteiger partial charge is 0.484 e. The van der Waals surface area contributed by atoms with Gasteiger partial charge in [0.15, 0.2) is 12.4 Å². The number of aromatic nitrogens is 2. The van der Waals surface area contributed by atoms with Crippen molar-refractivity contribution in [1.82, 2.24) is 9.97 Å². The Kier molecular flexibility index (Phi) is 7.58. The van der Waals surface area contributed by atoms with Crippen LogP contribution in [-0.2, 0) is 25.1 Å². The third kappa shape index (κ3) is 5.76. The molecule has 1 saturated heterocycles. The molecule has 2 aromatic heterocycles. The highest BCUT2D eigenvalue weighted by Gasteiger charge is 2.35. The predicted molar refractivity (Wildman–Crippen MR) is 142 cm³/mol. The number of hydrogen-bond donors (Lipinski definition) is 1. The monoisotopic (exact) mass is 549 g/mol. The van der Waals surface area contributed by atoms with Crippen molar-refractivity contribution in [3.63, 3.8) is 0 Å². The van der Waals surface area contributed by atoms with E-state index in [1.807, 2.05) is 36.4 Å². The summed E-state index contributed by atoms with van der Waals surface area (Å²) in [4.78, 5) is 21.8. The maximum atomic E-state index is 13.1. The molecule has 3 heterocycles. The molecule has 11 heteroatoms. The van der Waals surface area contributed by atoms with E-state index in [4.69, 9.17) is 23.8 Å². The molecule has 2 N–H and O–H groups in total. The minimum absolute atomic E-state index is 0.0384. The van der Waals surface area contributed by atoms with Crippen LogP contribution in [0, 0.1) is 0 Å². The zero-order chi connectivity index (χ0) is 27.5. The van der Waals surface area contributed by atoms with Crippen molar-refractivity contribution in [3.05, 3.63) is 84.5 Å². The fourth-order valence-electron chi connectivity index (χ4n) is 4.49. The van der Waals surface area contributed by atoms with Crippen molar-refractivity contribution in [3.8, 4) is 28.3 Å². The van der Waals surface area contributed by atoms with Crippen LogP contribution in [0.15, 0.2) is 82.4 Å². The van der Waals surface area contributed by atoms with Crippen LogP contribution in [0.25, 0.3) is 22.6 Å². The number of rotatable bonds is 9. The first-order valence-corrected chi connectivity index (χ1v) is 13.8. The van der Waals surface area contributed by atoms with Crippen LogP contribution in [0.4, 0.5) is 0 Å². The molecule has 0 bridgehead atoms. The van der Waals surface area contributed by atoms with Crippen LogP contribution in [0.5, 0.6) is 5.75 Å². The molecule has 0 aliphatic carbocycles. The molecule has 1 aliphatic heterocycles. The number of nitrogens with zero attached hydrogens (tertiary/aromatic N) is 2. The Morgan fingerprint density at radius 3 is 2.41 bits per heavy atom. The van der Waals surface area contributed by atoms with Crippen molar-refractivity contribution in [2.75, 3.05) is 26.9 Å². The highest BCUT2D eigenvalue weighted by atomic mass is 32.2. The Hall–Kier alpha value is -3.90. The Balaban J connectivity index is 1.40. The molecule has 1 fully saturated rings. The Bertz CT molecular complexity index is 1560. The smallest absolute Gasteiger partial charge is 0.268 e. The Morgan fingerprint density at radius 1 is 1.03 bits per heavy atom. The number of carbonyl (C=O) groups excluding carboxylic acids is 1. The highest BCUT2D eigenvalue weighted by molar-refractivity contribution is 7.89. The lowest BCUT2D eigenvalue weighted by Gasteiger charge is -2.36. The summed E-state index contributed by atoms with van der Waals surface area (Å²) >= 11 is 0. The SMILES string of the molecule is COC1(c2cncc(OCC(=O)c3nc(-c4ccccc4)c(-c4ccc(S(N)(=O)=O)cc4)o3)c2)CCOCC1. The van der Waals surface area contributed by atoms with E-state index in [0.717, 1.165) is 11.1 Å². The topological polar surface area (TPSA) is 144 Å². The molecule has 0 saturated carbocycles. The molecule has 2 aromatic carbocycles. The number of sulfonamides is 1. The van der Waals surface area contributed by atoms with Crippen LogP contribution in [0.2, 0.25) is 0 Å². The van der Waals surface area contributed by atoms with Gasteiger partial charge in [0, 0.05) is 56.1 Å². The minimum Gasteiger partial charge on any atom is -0.484 e. The summed E-state index contributed by atoms with van der Waals surface area (Å²) in [6, 6.07) is 16.9. The van der Waals surface area contributed by atoms with Gasteiger partial charge in [-0.2, -0.15) is 0 Å². The van der Waals surface area contributed by atoms with E-state index in [2.05, 4.69) is 9.97 Å². The summed E-state index contributed by atoms with van der Waals surface area (Å²) in [5.41, 5.74) is 2.03. The Morgan fingerprint density at radius 2 is 1.74 bits per heavy atom. The van der Waals surface area contributed by atoms with Crippen molar-refractivity contribution in [2.24, 2.45) is 5.14 Å². The first-order chi connectivity index (χ1) is 18.8. The summed E-state index contributed by atoms with van der Waals surface area (Å²) < 4.78 is 46.3. The number of carbonyl (C=O) groups is 1. The van der Waals surface area contributed by atoms with Gasteiger partial charge >= 0.3 is 0 Å². The van der Waals surface area contributed by atoms with Gasteiger partial charge in [0.1, 0.15) is 11.4 Å². The van der Waals surface area contributed by atoms with Crippen LogP contribution in [0.3, 0.4) is 0 Å². The molecular formula is C28H27N3O7S. The number of Topliss-reactive ketones (excluding diaryl/α,β-unsaturated/α-hetero) is 1. The van der Waals surface area contributed by atoms with Gasteiger partial charge in [-0.25, -0.2) is 18.5 Å². The number of hydrogen-bond acceptors (Lipinski definition) is 9. The summed E-state index contributed by atoms with van der Waals surface area (Å²) in [7, 11) is -2.20. The summed E-state index contributed by atoms with van der Waals surface area (Å²) in [6.45, 7) is 0.837. The molecule has 5 rings (SSSR count). The van der Waals surface area contributed by atoms with Gasteiger partial charge < -0.3 is 18.6 Å². The molecule has 4 aromatic rings. The lowest BCUT2D eigenvalue weighted by atomic mass is 9.87. The van der Waals surface area contributed by atoms with Crippen molar-refractivity contribution in [1.29, 1.82) is 0 Å². The fourth-order valence-corrected chi connectivity index (χ4v) is 5.01. The van der Waals surface area contributed by atoms with Gasteiger partial charge in [-0.1, -0.05) is 30.3 Å². The summed E-state index contributed by atoms with van der Waals surface area (Å²) in [5.74, 6) is 0.118. The number of oxazole rings is 1. The van der Waals surface area contributed by atoms with E-state index in [-0.39, 0.29) is 17.4 Å². The van der Waals surface area contributed by atoms with Crippen molar-refractivity contribution < 1.29 is 31.8 Å². The third-order valence-electron chi connectivity index (χ3n) is 6.66. The molecule has 1 aliphatic rings. The van der Waals surface area contributed by atoms with Gasteiger partial charge in [0.05, 0.1) is 16.7 Å². The molecular weight excluding hydrogens is 522 g/mol. The maximum absolute atomic E-state index is 13.1. The third-order valence-corrected chi connectivity index (χ3v) is 7.59. The summed E-state index contributed by atoms with van der Waals surface area (Å²) in [5, 5.41) is 5.22. The number of benzene rings is 2. The van der Waals surface area contributed by atoms with Crippen LogP contribution in [0.1, 0.15) is 29.1 Å². The Labute approximate surface area is 225 Å². The second-order valence-corrected chi connectivity index (χ2v) is 10.6. The zero-order valence-electron chi connectivity index (χ0n) is 21.2. The van der Waals surface area contributed by atoms with Crippen molar-refractivity contribution >= 4 is 15.8 Å². The second-order valence-electron chi connectivity index (χ2n) is 9.06. The molecule has 0 amide bonds. The fraction of sp³-hybridized carbons (Fsp3) is 0.250. The molecule has 10 nitrogen and oxygen atoms in total. The highest BCUT2D eigenvalue weighted by Crippen LogP contribution is 2.37. The van der Waals surface area contributed by atoms with E-state index in [9.17, 15) is 13.2 Å².